The lowest BCUT2D eigenvalue weighted by Crippen LogP contribution is -2.20. The lowest BCUT2D eigenvalue weighted by Gasteiger charge is -2.05. The third-order valence-corrected chi connectivity index (χ3v) is 1.04. The molecule has 0 heterocycles. The molecule has 0 N–H and O–H groups in total. The van der Waals surface area contributed by atoms with E-state index in [0.29, 0.717) is 0 Å². The monoisotopic (exact) mass is 316 g/mol. The van der Waals surface area contributed by atoms with Crippen molar-refractivity contribution in [1.82, 2.24) is 0 Å². The quantitative estimate of drug-likeness (QED) is 0.576. The molecule has 0 bridgehead atoms. The fraction of sp³-hybridized carbons (Fsp3) is 0.750. The van der Waals surface area contributed by atoms with Crippen molar-refractivity contribution in [1.29, 1.82) is 0 Å². The van der Waals surface area contributed by atoms with Gasteiger partial charge in [0.25, 0.3) is 0 Å². The second-order valence-electron chi connectivity index (χ2n) is 2.72. The van der Waals surface area contributed by atoms with E-state index in [1.807, 2.05) is 0 Å². The lowest BCUT2D eigenvalue weighted by atomic mass is 10.7. The molecule has 0 unspecified atom stereocenters. The van der Waals surface area contributed by atoms with Gasteiger partial charge in [0.2, 0.25) is 0 Å². The minimum atomic E-state index is -4.49. The van der Waals surface area contributed by atoms with E-state index in [-0.39, 0.29) is 0 Å². The summed E-state index contributed by atoms with van der Waals surface area (Å²) in [5.41, 5.74) is 0. The molecule has 0 aromatic rings. The predicted molar refractivity (Wildman–Crippen MR) is 48.8 cm³/mol. The molecule has 0 saturated heterocycles. The minimum Gasteiger partial charge on any atom is -0.438 e. The number of methoxy groups -OCH3 is 2. The zero-order valence-corrected chi connectivity index (χ0v) is 10.1. The molecule has 0 aliphatic heterocycles. The molecular formula is C8H10F6O6. The summed E-state index contributed by atoms with van der Waals surface area (Å²) in [5, 5.41) is 0. The predicted octanol–water partition coefficient (Wildman–Crippen LogP) is 2.66. The largest absolute Gasteiger partial charge is 0.508 e. The highest BCUT2D eigenvalue weighted by molar-refractivity contribution is 5.59. The van der Waals surface area contributed by atoms with Crippen molar-refractivity contribution < 1.29 is 54.9 Å². The fourth-order valence-corrected chi connectivity index (χ4v) is 0.399. The van der Waals surface area contributed by atoms with Gasteiger partial charge in [-0.15, -0.1) is 0 Å². The van der Waals surface area contributed by atoms with Crippen molar-refractivity contribution in [3.63, 3.8) is 0 Å². The van der Waals surface area contributed by atoms with Gasteiger partial charge in [-0.25, -0.2) is 9.59 Å². The van der Waals surface area contributed by atoms with Crippen LogP contribution in [0.4, 0.5) is 35.9 Å². The Balaban J connectivity index is 0. The molecule has 0 aliphatic rings. The third-order valence-electron chi connectivity index (χ3n) is 1.04. The van der Waals surface area contributed by atoms with Crippen LogP contribution in [0.15, 0.2) is 0 Å². The van der Waals surface area contributed by atoms with Crippen LogP contribution in [0, 0.1) is 0 Å². The van der Waals surface area contributed by atoms with E-state index in [2.05, 4.69) is 18.9 Å². The van der Waals surface area contributed by atoms with Gasteiger partial charge in [-0.1, -0.05) is 0 Å². The van der Waals surface area contributed by atoms with Crippen LogP contribution in [-0.2, 0) is 18.9 Å². The van der Waals surface area contributed by atoms with Crippen molar-refractivity contribution in [2.24, 2.45) is 0 Å². The Hall–Kier alpha value is -1.88. The summed E-state index contributed by atoms with van der Waals surface area (Å²) in [4.78, 5) is 19.8. The Morgan fingerprint density at radius 2 is 1.00 bits per heavy atom. The highest BCUT2D eigenvalue weighted by atomic mass is 19.4. The first-order valence-corrected chi connectivity index (χ1v) is 4.46. The van der Waals surface area contributed by atoms with Crippen LogP contribution in [0.1, 0.15) is 0 Å². The summed E-state index contributed by atoms with van der Waals surface area (Å²) < 4.78 is 82.0. The van der Waals surface area contributed by atoms with Crippen LogP contribution < -0.4 is 0 Å². The summed E-state index contributed by atoms with van der Waals surface area (Å²) in [5.74, 6) is 0. The highest BCUT2D eigenvalue weighted by Crippen LogP contribution is 2.15. The van der Waals surface area contributed by atoms with Crippen LogP contribution in [0.25, 0.3) is 0 Å². The molecule has 0 fully saturated rings. The van der Waals surface area contributed by atoms with Gasteiger partial charge in [-0.2, -0.15) is 26.3 Å². The molecule has 6 nitrogen and oxygen atoms in total. The maximum Gasteiger partial charge on any atom is 0.508 e. The number of ether oxygens (including phenoxy) is 4. The molecule has 120 valence electrons. The van der Waals surface area contributed by atoms with Gasteiger partial charge in [0.1, 0.15) is 0 Å². The Morgan fingerprint density at radius 1 is 0.750 bits per heavy atom. The number of carbonyl (C=O) groups is 2. The van der Waals surface area contributed by atoms with E-state index in [4.69, 9.17) is 0 Å². The summed E-state index contributed by atoms with van der Waals surface area (Å²) in [6, 6.07) is 0. The van der Waals surface area contributed by atoms with E-state index in [0.717, 1.165) is 14.2 Å². The zero-order chi connectivity index (χ0) is 16.4. The van der Waals surface area contributed by atoms with Crippen LogP contribution >= 0.6 is 0 Å². The molecule has 0 atom stereocenters. The van der Waals surface area contributed by atoms with Crippen LogP contribution in [0.2, 0.25) is 0 Å². The van der Waals surface area contributed by atoms with Gasteiger partial charge in [-0.3, -0.25) is 0 Å². The first-order chi connectivity index (χ1) is 8.91. The van der Waals surface area contributed by atoms with Gasteiger partial charge in [0, 0.05) is 0 Å². The van der Waals surface area contributed by atoms with E-state index in [1.54, 1.807) is 0 Å². The Bertz CT molecular complexity index is 269. The first kappa shape index (κ1) is 20.4. The normalized spacial score (nSPS) is 10.8. The van der Waals surface area contributed by atoms with Gasteiger partial charge in [0.05, 0.1) is 14.2 Å². The van der Waals surface area contributed by atoms with Crippen LogP contribution in [0.5, 0.6) is 0 Å². The molecule has 12 heteroatoms. The summed E-state index contributed by atoms with van der Waals surface area (Å²) in [7, 11) is 1.86. The number of carbonyl (C=O) groups excluding carboxylic acids is 2. The van der Waals surface area contributed by atoms with E-state index < -0.39 is 37.9 Å². The van der Waals surface area contributed by atoms with Crippen molar-refractivity contribution >= 4 is 12.3 Å². The summed E-state index contributed by atoms with van der Waals surface area (Å²) in [6.07, 6.45) is -11.7. The number of halogens is 6. The molecule has 0 spiro atoms. The topological polar surface area (TPSA) is 71.1 Å². The molecule has 0 rings (SSSR count). The maximum absolute atomic E-state index is 11.2. The average Bonchev–Trinajstić information content (AvgIpc) is 2.31. The Labute approximate surface area is 108 Å². The van der Waals surface area contributed by atoms with E-state index in [1.165, 1.54) is 0 Å². The van der Waals surface area contributed by atoms with Crippen molar-refractivity contribution in [2.45, 2.75) is 12.4 Å². The van der Waals surface area contributed by atoms with Crippen LogP contribution in [-0.4, -0.2) is 52.1 Å². The second kappa shape index (κ2) is 9.09. The molecular weight excluding hydrogens is 306 g/mol. The van der Waals surface area contributed by atoms with Crippen molar-refractivity contribution in [3.05, 3.63) is 0 Å². The molecule has 0 amide bonds. The lowest BCUT2D eigenvalue weighted by molar-refractivity contribution is -0.165. The smallest absolute Gasteiger partial charge is 0.438 e. The molecule has 0 radical (unpaired) electrons. The molecule has 0 aromatic heterocycles. The standard InChI is InChI=1S/2C4H5F3O3/c2*1-9-3(8)10-2-4(5,6)7/h2*2H2,1H3. The van der Waals surface area contributed by atoms with E-state index in [9.17, 15) is 35.9 Å². The maximum atomic E-state index is 11.2. The zero-order valence-electron chi connectivity index (χ0n) is 10.1. The molecule has 0 saturated carbocycles. The van der Waals surface area contributed by atoms with Crippen molar-refractivity contribution in [3.8, 4) is 0 Å². The van der Waals surface area contributed by atoms with Crippen LogP contribution in [0.3, 0.4) is 0 Å². The van der Waals surface area contributed by atoms with E-state index >= 15 is 0 Å². The van der Waals surface area contributed by atoms with Gasteiger partial charge in [0.15, 0.2) is 13.2 Å². The van der Waals surface area contributed by atoms with Gasteiger partial charge < -0.3 is 18.9 Å². The minimum absolute atomic E-state index is 0.929. The molecule has 0 aromatic carbocycles. The third kappa shape index (κ3) is 18.5. The SMILES string of the molecule is COC(=O)OCC(F)(F)F.COC(=O)OCC(F)(F)F. The molecule has 20 heavy (non-hydrogen) atoms. The van der Waals surface area contributed by atoms with Gasteiger partial charge in [-0.05, 0) is 0 Å². The number of rotatable bonds is 2. The number of alkyl halides is 6. The number of hydrogen-bond acceptors (Lipinski definition) is 6. The highest BCUT2D eigenvalue weighted by Gasteiger charge is 2.30. The first-order valence-electron chi connectivity index (χ1n) is 4.46. The molecule has 0 aliphatic carbocycles. The number of hydrogen-bond donors (Lipinski definition) is 0. The Kier molecular flexibility index (Phi) is 9.29. The fourth-order valence-electron chi connectivity index (χ4n) is 0.399. The van der Waals surface area contributed by atoms with Gasteiger partial charge >= 0.3 is 24.7 Å². The second-order valence-corrected chi connectivity index (χ2v) is 2.72. The average molecular weight is 316 g/mol. The Morgan fingerprint density at radius 3 is 1.15 bits per heavy atom. The van der Waals surface area contributed by atoms with Crippen molar-refractivity contribution in [2.75, 3.05) is 27.4 Å². The summed E-state index contributed by atoms with van der Waals surface area (Å²) >= 11 is 0. The summed E-state index contributed by atoms with van der Waals surface area (Å²) in [6.45, 7) is -3.22.